The second-order valence-corrected chi connectivity index (χ2v) is 4.00. The molecule has 0 saturated heterocycles. The fourth-order valence-electron chi connectivity index (χ4n) is 1.60. The van der Waals surface area contributed by atoms with Gasteiger partial charge in [-0.05, 0) is 26.0 Å². The van der Waals surface area contributed by atoms with Gasteiger partial charge in [-0.25, -0.2) is 0 Å². The fourth-order valence-corrected chi connectivity index (χ4v) is 1.60. The molecule has 1 heterocycles. The summed E-state index contributed by atoms with van der Waals surface area (Å²) in [5.74, 6) is 0. The maximum Gasteiger partial charge on any atom is 0.418 e. The number of H-pyrrole nitrogens is 1. The van der Waals surface area contributed by atoms with Crippen LogP contribution in [0.1, 0.15) is 17.0 Å². The number of hydrogen-bond acceptors (Lipinski definition) is 3. The summed E-state index contributed by atoms with van der Waals surface area (Å²) >= 11 is 0. The molecule has 0 atom stereocenters. The van der Waals surface area contributed by atoms with E-state index in [1.807, 2.05) is 0 Å². The van der Waals surface area contributed by atoms with Gasteiger partial charge in [0.05, 0.1) is 22.6 Å². The highest BCUT2D eigenvalue weighted by Crippen LogP contribution is 2.36. The Balaban J connectivity index is 2.40. The average molecular weight is 268 g/mol. The zero-order valence-corrected chi connectivity index (χ0v) is 10.3. The number of nitrogens with zero attached hydrogens (tertiary/aromatic N) is 3. The monoisotopic (exact) mass is 268 g/mol. The number of nitrogens with one attached hydrogen (secondary N) is 1. The van der Waals surface area contributed by atoms with Crippen LogP contribution in [0.2, 0.25) is 0 Å². The van der Waals surface area contributed by atoms with Gasteiger partial charge in [-0.15, -0.1) is 10.2 Å². The Labute approximate surface area is 107 Å². The number of alkyl halides is 3. The summed E-state index contributed by atoms with van der Waals surface area (Å²) in [6.45, 7) is 3.43. The molecule has 0 fully saturated rings. The van der Waals surface area contributed by atoms with E-state index in [0.29, 0.717) is 17.1 Å². The minimum atomic E-state index is -4.45. The van der Waals surface area contributed by atoms with Gasteiger partial charge in [-0.2, -0.15) is 18.3 Å². The maximum absolute atomic E-state index is 12.8. The van der Waals surface area contributed by atoms with Crippen LogP contribution in [-0.2, 0) is 6.18 Å². The number of aryl methyl sites for hydroxylation is 2. The van der Waals surface area contributed by atoms with Crippen LogP contribution in [0.4, 0.5) is 24.5 Å². The lowest BCUT2D eigenvalue weighted by atomic mass is 10.2. The molecule has 19 heavy (non-hydrogen) atoms. The lowest BCUT2D eigenvalue weighted by molar-refractivity contribution is -0.137. The molecule has 1 aromatic heterocycles. The highest BCUT2D eigenvalue weighted by Gasteiger charge is 2.33. The summed E-state index contributed by atoms with van der Waals surface area (Å²) in [6.07, 6.45) is -4.45. The van der Waals surface area contributed by atoms with Gasteiger partial charge >= 0.3 is 6.18 Å². The summed E-state index contributed by atoms with van der Waals surface area (Å²) in [5, 5.41) is 14.1. The van der Waals surface area contributed by atoms with Crippen LogP contribution >= 0.6 is 0 Å². The molecule has 0 aliphatic rings. The van der Waals surface area contributed by atoms with Gasteiger partial charge < -0.3 is 0 Å². The molecule has 0 radical (unpaired) electrons. The number of halogens is 3. The predicted octanol–water partition coefficient (Wildman–Crippen LogP) is 4.46. The van der Waals surface area contributed by atoms with Crippen molar-refractivity contribution in [1.82, 2.24) is 10.2 Å². The number of azo groups is 1. The van der Waals surface area contributed by atoms with E-state index in [9.17, 15) is 13.2 Å². The number of hydrogen-bond donors (Lipinski definition) is 1. The van der Waals surface area contributed by atoms with Gasteiger partial charge in [0.25, 0.3) is 0 Å². The minimum absolute atomic E-state index is 0.213. The first-order valence-electron chi connectivity index (χ1n) is 5.49. The number of rotatable bonds is 2. The van der Waals surface area contributed by atoms with Gasteiger partial charge in [-0.3, -0.25) is 5.10 Å². The van der Waals surface area contributed by atoms with E-state index in [-0.39, 0.29) is 5.69 Å². The van der Waals surface area contributed by atoms with Crippen LogP contribution in [0.15, 0.2) is 34.5 Å². The fraction of sp³-hybridized carbons (Fsp3) is 0.250. The molecule has 0 bridgehead atoms. The van der Waals surface area contributed by atoms with Crippen LogP contribution in [-0.4, -0.2) is 10.2 Å². The number of aromatic amines is 1. The zero-order chi connectivity index (χ0) is 14.0. The summed E-state index contributed by atoms with van der Waals surface area (Å²) in [7, 11) is 0. The van der Waals surface area contributed by atoms with E-state index >= 15 is 0 Å². The Hall–Kier alpha value is -2.18. The Morgan fingerprint density at radius 1 is 1.11 bits per heavy atom. The SMILES string of the molecule is Cc1n[nH]c(C)c1N=Nc1ccccc1C(F)(F)F. The lowest BCUT2D eigenvalue weighted by Crippen LogP contribution is -2.04. The van der Waals surface area contributed by atoms with Crippen molar-refractivity contribution in [3.05, 3.63) is 41.2 Å². The van der Waals surface area contributed by atoms with E-state index in [1.54, 1.807) is 13.8 Å². The third-order valence-corrected chi connectivity index (χ3v) is 2.56. The number of aromatic nitrogens is 2. The molecule has 0 unspecified atom stereocenters. The Morgan fingerprint density at radius 2 is 1.79 bits per heavy atom. The summed E-state index contributed by atoms with van der Waals surface area (Å²) in [5.41, 5.74) is 0.681. The molecule has 0 amide bonds. The quantitative estimate of drug-likeness (QED) is 0.803. The largest absolute Gasteiger partial charge is 0.418 e. The second-order valence-electron chi connectivity index (χ2n) is 4.00. The molecular formula is C12H11F3N4. The molecule has 0 aliphatic carbocycles. The van der Waals surface area contributed by atoms with Gasteiger partial charge in [0.1, 0.15) is 5.69 Å². The van der Waals surface area contributed by atoms with Gasteiger partial charge in [0.15, 0.2) is 0 Å². The molecule has 1 aromatic carbocycles. The Kier molecular flexibility index (Phi) is 3.37. The molecule has 0 spiro atoms. The van der Waals surface area contributed by atoms with Crippen molar-refractivity contribution in [2.24, 2.45) is 10.2 Å². The summed E-state index contributed by atoms with van der Waals surface area (Å²) in [6, 6.07) is 5.05. The summed E-state index contributed by atoms with van der Waals surface area (Å²) in [4.78, 5) is 0. The topological polar surface area (TPSA) is 53.4 Å². The van der Waals surface area contributed by atoms with Crippen LogP contribution in [0.3, 0.4) is 0 Å². The Bertz CT molecular complexity index is 594. The minimum Gasteiger partial charge on any atom is -0.280 e. The molecule has 100 valence electrons. The smallest absolute Gasteiger partial charge is 0.280 e. The van der Waals surface area contributed by atoms with Crippen LogP contribution in [0.5, 0.6) is 0 Å². The molecule has 2 aromatic rings. The van der Waals surface area contributed by atoms with Gasteiger partial charge in [0.2, 0.25) is 0 Å². The maximum atomic E-state index is 12.8. The molecule has 0 aliphatic heterocycles. The Morgan fingerprint density at radius 3 is 2.37 bits per heavy atom. The third kappa shape index (κ3) is 2.81. The van der Waals surface area contributed by atoms with Crippen molar-refractivity contribution in [3.63, 3.8) is 0 Å². The molecule has 0 saturated carbocycles. The van der Waals surface area contributed by atoms with Crippen molar-refractivity contribution in [2.45, 2.75) is 20.0 Å². The molecule has 4 nitrogen and oxygen atoms in total. The van der Waals surface area contributed by atoms with Crippen molar-refractivity contribution >= 4 is 11.4 Å². The van der Waals surface area contributed by atoms with Crippen molar-refractivity contribution < 1.29 is 13.2 Å². The van der Waals surface area contributed by atoms with Crippen molar-refractivity contribution in [1.29, 1.82) is 0 Å². The second kappa shape index (κ2) is 4.83. The number of benzene rings is 1. The van der Waals surface area contributed by atoms with Gasteiger partial charge in [-0.1, -0.05) is 12.1 Å². The lowest BCUT2D eigenvalue weighted by Gasteiger charge is -2.08. The van der Waals surface area contributed by atoms with E-state index in [1.165, 1.54) is 18.2 Å². The average Bonchev–Trinajstić information content (AvgIpc) is 2.66. The van der Waals surface area contributed by atoms with Gasteiger partial charge in [0, 0.05) is 0 Å². The normalized spacial score (nSPS) is 12.3. The van der Waals surface area contributed by atoms with Crippen LogP contribution in [0.25, 0.3) is 0 Å². The van der Waals surface area contributed by atoms with E-state index < -0.39 is 11.7 Å². The van der Waals surface area contributed by atoms with Crippen LogP contribution in [0, 0.1) is 13.8 Å². The highest BCUT2D eigenvalue weighted by atomic mass is 19.4. The molecule has 7 heteroatoms. The third-order valence-electron chi connectivity index (χ3n) is 2.56. The van der Waals surface area contributed by atoms with E-state index in [4.69, 9.17) is 0 Å². The predicted molar refractivity (Wildman–Crippen MR) is 63.7 cm³/mol. The van der Waals surface area contributed by atoms with Crippen molar-refractivity contribution in [3.8, 4) is 0 Å². The zero-order valence-electron chi connectivity index (χ0n) is 10.3. The standard InChI is InChI=1S/C12H11F3N4/c1-7-11(8(2)17-16-7)19-18-10-6-4-3-5-9(10)12(13,14)15/h3-6H,1-2H3,(H,16,17). The molecular weight excluding hydrogens is 257 g/mol. The van der Waals surface area contributed by atoms with Crippen LogP contribution < -0.4 is 0 Å². The molecule has 2 rings (SSSR count). The first-order chi connectivity index (χ1) is 8.89. The first-order valence-corrected chi connectivity index (χ1v) is 5.49. The first kappa shape index (κ1) is 13.3. The highest BCUT2D eigenvalue weighted by molar-refractivity contribution is 5.49. The van der Waals surface area contributed by atoms with E-state index in [0.717, 1.165) is 6.07 Å². The van der Waals surface area contributed by atoms with E-state index in [2.05, 4.69) is 20.4 Å². The molecule has 1 N–H and O–H groups in total. The van der Waals surface area contributed by atoms with Crippen molar-refractivity contribution in [2.75, 3.05) is 0 Å². The summed E-state index contributed by atoms with van der Waals surface area (Å²) < 4.78 is 38.3.